The number of amides is 1. The summed E-state index contributed by atoms with van der Waals surface area (Å²) in [7, 11) is -3.53. The number of rotatable bonds is 3. The zero-order valence-electron chi connectivity index (χ0n) is 9.56. The molecule has 6 nitrogen and oxygen atoms in total. The van der Waals surface area contributed by atoms with Crippen molar-refractivity contribution in [3.8, 4) is 0 Å². The molecule has 8 heteroatoms. The average Bonchev–Trinajstić information content (AvgIpc) is 2.15. The molecule has 1 amide bonds. The largest absolute Gasteiger partial charge is 0.308 e. The van der Waals surface area contributed by atoms with Gasteiger partial charge in [-0.1, -0.05) is 11.6 Å². The smallest absolute Gasteiger partial charge is 0.246 e. The van der Waals surface area contributed by atoms with Crippen molar-refractivity contribution in [3.05, 3.63) is 17.5 Å². The van der Waals surface area contributed by atoms with Crippen molar-refractivity contribution in [2.75, 3.05) is 11.6 Å². The van der Waals surface area contributed by atoms with Crippen molar-refractivity contribution >= 4 is 33.2 Å². The summed E-state index contributed by atoms with van der Waals surface area (Å²) in [6.07, 6.45) is 3.58. The third-order valence-corrected chi connectivity index (χ3v) is 4.54. The third kappa shape index (κ3) is 3.13. The average molecular weight is 278 g/mol. The maximum Gasteiger partial charge on any atom is 0.246 e. The van der Waals surface area contributed by atoms with Crippen LogP contribution in [0.3, 0.4) is 0 Å². The van der Waals surface area contributed by atoms with Crippen molar-refractivity contribution in [2.45, 2.75) is 18.6 Å². The summed E-state index contributed by atoms with van der Waals surface area (Å²) in [5, 5.41) is 2.46. The van der Waals surface area contributed by atoms with E-state index in [1.54, 1.807) is 0 Å². The van der Waals surface area contributed by atoms with Gasteiger partial charge in [0, 0.05) is 6.26 Å². The summed E-state index contributed by atoms with van der Waals surface area (Å²) >= 11 is 5.59. The fraction of sp³-hybridized carbons (Fsp3) is 0.444. The van der Waals surface area contributed by atoms with Crippen LogP contribution in [0.25, 0.3) is 0 Å². The number of sulfone groups is 1. The van der Waals surface area contributed by atoms with E-state index in [9.17, 15) is 13.2 Å². The SMILES string of the molecule is CC(C)(C(=O)Nc1cncc(Cl)n1)S(C)(=O)=O. The molecule has 0 saturated carbocycles. The molecule has 17 heavy (non-hydrogen) atoms. The van der Waals surface area contributed by atoms with Crippen LogP contribution in [0, 0.1) is 0 Å². The second kappa shape index (κ2) is 4.58. The second-order valence-corrected chi connectivity index (χ2v) is 6.92. The molecule has 0 spiro atoms. The molecule has 94 valence electrons. The molecular formula is C9H12ClN3O3S. The molecule has 0 aliphatic rings. The van der Waals surface area contributed by atoms with Gasteiger partial charge in [-0.3, -0.25) is 9.78 Å². The highest BCUT2D eigenvalue weighted by Crippen LogP contribution is 2.17. The van der Waals surface area contributed by atoms with Crippen molar-refractivity contribution in [1.29, 1.82) is 0 Å². The number of carbonyl (C=O) groups is 1. The topological polar surface area (TPSA) is 89.0 Å². The number of nitrogens with one attached hydrogen (secondary N) is 1. The highest BCUT2D eigenvalue weighted by Gasteiger charge is 2.38. The number of halogens is 1. The van der Waals surface area contributed by atoms with Gasteiger partial charge in [-0.25, -0.2) is 13.4 Å². The standard InChI is InChI=1S/C9H12ClN3O3S/c1-9(2,17(3,15)16)8(14)13-7-5-11-4-6(10)12-7/h4-5H,1-3H3,(H,12,13,14). The van der Waals surface area contributed by atoms with E-state index in [0.29, 0.717) is 0 Å². The summed E-state index contributed by atoms with van der Waals surface area (Å²) in [4.78, 5) is 19.3. The van der Waals surface area contributed by atoms with Gasteiger partial charge < -0.3 is 5.32 Å². The lowest BCUT2D eigenvalue weighted by Crippen LogP contribution is -2.44. The Balaban J connectivity index is 2.95. The van der Waals surface area contributed by atoms with Crippen LogP contribution < -0.4 is 5.32 Å². The number of anilines is 1. The minimum atomic E-state index is -3.53. The Labute approximate surface area is 104 Å². The van der Waals surface area contributed by atoms with Crippen molar-refractivity contribution in [2.24, 2.45) is 0 Å². The predicted octanol–water partition coefficient (Wildman–Crippen LogP) is 0.892. The zero-order valence-corrected chi connectivity index (χ0v) is 11.1. The minimum absolute atomic E-state index is 0.110. The van der Waals surface area contributed by atoms with E-state index in [1.165, 1.54) is 26.2 Å². The molecule has 0 aliphatic carbocycles. The first-order valence-corrected chi connectivity index (χ1v) is 6.90. The molecule has 1 rings (SSSR count). The van der Waals surface area contributed by atoms with Gasteiger partial charge in [0.2, 0.25) is 5.91 Å². The van der Waals surface area contributed by atoms with Crippen LogP contribution in [0.15, 0.2) is 12.4 Å². The summed E-state index contributed by atoms with van der Waals surface area (Å²) in [6, 6.07) is 0. The first-order valence-electron chi connectivity index (χ1n) is 4.63. The maximum absolute atomic E-state index is 11.8. The molecule has 0 aliphatic heterocycles. The van der Waals surface area contributed by atoms with Crippen LogP contribution in [-0.4, -0.2) is 35.3 Å². The van der Waals surface area contributed by atoms with E-state index in [-0.39, 0.29) is 11.0 Å². The Morgan fingerprint density at radius 3 is 2.47 bits per heavy atom. The molecule has 0 aromatic carbocycles. The number of aromatic nitrogens is 2. The Morgan fingerprint density at radius 2 is 2.00 bits per heavy atom. The van der Waals surface area contributed by atoms with Gasteiger partial charge in [0.1, 0.15) is 9.90 Å². The van der Waals surface area contributed by atoms with Crippen molar-refractivity contribution < 1.29 is 13.2 Å². The van der Waals surface area contributed by atoms with Crippen molar-refractivity contribution in [3.63, 3.8) is 0 Å². The van der Waals surface area contributed by atoms with Crippen LogP contribution in [0.4, 0.5) is 5.82 Å². The molecule has 0 unspecified atom stereocenters. The molecule has 0 saturated heterocycles. The first-order chi connectivity index (χ1) is 7.64. The maximum atomic E-state index is 11.8. The molecule has 1 aromatic heterocycles. The zero-order chi connectivity index (χ0) is 13.3. The normalized spacial score (nSPS) is 12.2. The minimum Gasteiger partial charge on any atom is -0.308 e. The lowest BCUT2D eigenvalue weighted by Gasteiger charge is -2.20. The Kier molecular flexibility index (Phi) is 3.73. The number of hydrogen-bond donors (Lipinski definition) is 1. The number of hydrogen-bond acceptors (Lipinski definition) is 5. The van der Waals surface area contributed by atoms with Gasteiger partial charge in [-0.05, 0) is 13.8 Å². The molecule has 1 aromatic rings. The summed E-state index contributed by atoms with van der Waals surface area (Å²) in [5.41, 5.74) is 0. The lowest BCUT2D eigenvalue weighted by atomic mass is 10.2. The second-order valence-electron chi connectivity index (χ2n) is 3.96. The summed E-state index contributed by atoms with van der Waals surface area (Å²) in [6.45, 7) is 2.63. The highest BCUT2D eigenvalue weighted by molar-refractivity contribution is 7.92. The number of carbonyl (C=O) groups excluding carboxylic acids is 1. The Morgan fingerprint density at radius 1 is 1.41 bits per heavy atom. The fourth-order valence-corrected chi connectivity index (χ4v) is 1.37. The monoisotopic (exact) mass is 277 g/mol. The first kappa shape index (κ1) is 13.9. The molecule has 0 atom stereocenters. The lowest BCUT2D eigenvalue weighted by molar-refractivity contribution is -0.117. The van der Waals surface area contributed by atoms with Crippen molar-refractivity contribution in [1.82, 2.24) is 9.97 Å². The fourth-order valence-electron chi connectivity index (χ4n) is 0.838. The van der Waals surface area contributed by atoms with E-state index in [1.807, 2.05) is 0 Å². The molecule has 0 fully saturated rings. The Bertz CT molecular complexity index is 542. The van der Waals surface area contributed by atoms with Gasteiger partial charge in [0.25, 0.3) is 0 Å². The van der Waals surface area contributed by atoms with Crippen LogP contribution in [0.5, 0.6) is 0 Å². The number of nitrogens with zero attached hydrogens (tertiary/aromatic N) is 2. The van der Waals surface area contributed by atoms with Crippen LogP contribution in [-0.2, 0) is 14.6 Å². The van der Waals surface area contributed by atoms with Gasteiger partial charge in [-0.2, -0.15) is 0 Å². The molecule has 0 bridgehead atoms. The van der Waals surface area contributed by atoms with Gasteiger partial charge in [-0.15, -0.1) is 0 Å². The van der Waals surface area contributed by atoms with Gasteiger partial charge >= 0.3 is 0 Å². The predicted molar refractivity (Wildman–Crippen MR) is 64.6 cm³/mol. The molecule has 1 heterocycles. The van der Waals surface area contributed by atoms with E-state index >= 15 is 0 Å². The molecular weight excluding hydrogens is 266 g/mol. The third-order valence-electron chi connectivity index (χ3n) is 2.32. The van der Waals surface area contributed by atoms with Crippen LogP contribution in [0.2, 0.25) is 5.15 Å². The molecule has 0 radical (unpaired) electrons. The van der Waals surface area contributed by atoms with Gasteiger partial charge in [0.05, 0.1) is 12.4 Å². The van der Waals surface area contributed by atoms with Gasteiger partial charge in [0.15, 0.2) is 15.7 Å². The van der Waals surface area contributed by atoms with E-state index in [0.717, 1.165) is 6.26 Å². The summed E-state index contributed by atoms with van der Waals surface area (Å²) < 4.78 is 21.3. The van der Waals surface area contributed by atoms with Crippen LogP contribution >= 0.6 is 11.6 Å². The highest BCUT2D eigenvalue weighted by atomic mass is 35.5. The molecule has 1 N–H and O–H groups in total. The van der Waals surface area contributed by atoms with Crippen LogP contribution in [0.1, 0.15) is 13.8 Å². The van der Waals surface area contributed by atoms with E-state index < -0.39 is 20.5 Å². The van der Waals surface area contributed by atoms with E-state index in [2.05, 4.69) is 15.3 Å². The quantitative estimate of drug-likeness (QED) is 0.886. The van der Waals surface area contributed by atoms with E-state index in [4.69, 9.17) is 11.6 Å². The summed E-state index contributed by atoms with van der Waals surface area (Å²) in [5.74, 6) is -0.573. The Hall–Kier alpha value is -1.21.